The van der Waals surface area contributed by atoms with E-state index >= 15 is 0 Å². The van der Waals surface area contributed by atoms with Crippen molar-refractivity contribution >= 4 is 23.2 Å². The molecule has 1 N–H and O–H groups in total. The van der Waals surface area contributed by atoms with Crippen molar-refractivity contribution in [2.45, 2.75) is 0 Å². The molecule has 2 aromatic rings. The highest BCUT2D eigenvalue weighted by atomic mass is 35.5. The fourth-order valence-electron chi connectivity index (χ4n) is 1.32. The van der Waals surface area contributed by atoms with Crippen LogP contribution in [0, 0.1) is 0 Å². The Hall–Kier alpha value is -1.94. The number of carbonyl (C=O) groups excluding carboxylic acids is 1. The third-order valence-corrected chi connectivity index (χ3v) is 2.48. The van der Waals surface area contributed by atoms with E-state index in [9.17, 15) is 4.79 Å². The van der Waals surface area contributed by atoms with Gasteiger partial charge in [-0.1, -0.05) is 11.6 Å². The van der Waals surface area contributed by atoms with Crippen LogP contribution in [0.25, 0.3) is 0 Å². The van der Waals surface area contributed by atoms with E-state index < -0.39 is 0 Å². The van der Waals surface area contributed by atoms with Gasteiger partial charge in [-0.3, -0.25) is 4.79 Å². The van der Waals surface area contributed by atoms with Gasteiger partial charge in [0.1, 0.15) is 5.75 Å². The zero-order valence-corrected chi connectivity index (χ0v) is 9.82. The molecule has 1 amide bonds. The van der Waals surface area contributed by atoms with Gasteiger partial charge >= 0.3 is 0 Å². The Morgan fingerprint density at radius 2 is 2.24 bits per heavy atom. The molecule has 2 rings (SSSR count). The summed E-state index contributed by atoms with van der Waals surface area (Å²) in [6.45, 7) is 0. The summed E-state index contributed by atoms with van der Waals surface area (Å²) in [6, 6.07) is 8.22. The Bertz CT molecular complexity index is 523. The van der Waals surface area contributed by atoms with Gasteiger partial charge in [0.05, 0.1) is 24.1 Å². The van der Waals surface area contributed by atoms with Crippen molar-refractivity contribution in [1.82, 2.24) is 0 Å². The largest absolute Gasteiger partial charge is 0.497 e. The molecule has 0 saturated heterocycles. The lowest BCUT2D eigenvalue weighted by atomic mass is 10.3. The second-order valence-electron chi connectivity index (χ2n) is 3.28. The Morgan fingerprint density at radius 1 is 1.41 bits per heavy atom. The highest BCUT2D eigenvalue weighted by Crippen LogP contribution is 2.26. The summed E-state index contributed by atoms with van der Waals surface area (Å²) in [4.78, 5) is 11.7. The van der Waals surface area contributed by atoms with Crippen molar-refractivity contribution in [3.8, 4) is 5.75 Å². The fraction of sp³-hybridized carbons (Fsp3) is 0.0833. The molecule has 0 atom stereocenters. The first kappa shape index (κ1) is 11.5. The van der Waals surface area contributed by atoms with Gasteiger partial charge in [0.15, 0.2) is 5.76 Å². The van der Waals surface area contributed by atoms with Crippen LogP contribution in [0.3, 0.4) is 0 Å². The third-order valence-electron chi connectivity index (χ3n) is 2.17. The van der Waals surface area contributed by atoms with E-state index in [2.05, 4.69) is 5.32 Å². The number of nitrogens with one attached hydrogen (secondary N) is 1. The van der Waals surface area contributed by atoms with Crippen LogP contribution in [0.4, 0.5) is 5.69 Å². The lowest BCUT2D eigenvalue weighted by Crippen LogP contribution is -2.11. The van der Waals surface area contributed by atoms with Gasteiger partial charge in [0.25, 0.3) is 5.91 Å². The molecule has 5 heteroatoms. The number of halogens is 1. The lowest BCUT2D eigenvalue weighted by Gasteiger charge is -2.07. The van der Waals surface area contributed by atoms with Crippen LogP contribution in [-0.2, 0) is 0 Å². The number of methoxy groups -OCH3 is 1. The van der Waals surface area contributed by atoms with Crippen molar-refractivity contribution in [2.24, 2.45) is 0 Å². The summed E-state index contributed by atoms with van der Waals surface area (Å²) >= 11 is 5.99. The summed E-state index contributed by atoms with van der Waals surface area (Å²) in [5.41, 5.74) is 0.508. The third kappa shape index (κ3) is 2.60. The quantitative estimate of drug-likeness (QED) is 0.911. The Morgan fingerprint density at radius 3 is 2.82 bits per heavy atom. The standard InChI is InChI=1S/C12H10ClNO3/c1-16-8-4-5-10(9(13)7-8)14-12(15)11-3-2-6-17-11/h2-7H,1H3,(H,14,15). The average molecular weight is 252 g/mol. The molecule has 0 aliphatic rings. The molecule has 0 fully saturated rings. The number of anilines is 1. The number of benzene rings is 1. The molecule has 0 bridgehead atoms. The zero-order valence-electron chi connectivity index (χ0n) is 9.07. The Labute approximate surface area is 103 Å². The van der Waals surface area contributed by atoms with Crippen LogP contribution in [0.1, 0.15) is 10.6 Å². The number of ether oxygens (including phenoxy) is 1. The molecular weight excluding hydrogens is 242 g/mol. The van der Waals surface area contributed by atoms with Gasteiger partial charge in [-0.2, -0.15) is 0 Å². The topological polar surface area (TPSA) is 51.5 Å². The van der Waals surface area contributed by atoms with Crippen LogP contribution in [0.2, 0.25) is 5.02 Å². The van der Waals surface area contributed by atoms with Crippen LogP contribution in [0.5, 0.6) is 5.75 Å². The first-order valence-electron chi connectivity index (χ1n) is 4.89. The minimum atomic E-state index is -0.345. The van der Waals surface area contributed by atoms with Crippen LogP contribution in [0.15, 0.2) is 41.0 Å². The van der Waals surface area contributed by atoms with Crippen LogP contribution < -0.4 is 10.1 Å². The van der Waals surface area contributed by atoms with Gasteiger partial charge in [-0.25, -0.2) is 0 Å². The molecule has 1 aromatic carbocycles. The minimum absolute atomic E-state index is 0.233. The maximum atomic E-state index is 11.7. The fourth-order valence-corrected chi connectivity index (χ4v) is 1.53. The van der Waals surface area contributed by atoms with Crippen molar-refractivity contribution < 1.29 is 13.9 Å². The van der Waals surface area contributed by atoms with Gasteiger partial charge in [-0.05, 0) is 24.3 Å². The Balaban J connectivity index is 2.16. The highest BCUT2D eigenvalue weighted by molar-refractivity contribution is 6.34. The SMILES string of the molecule is COc1ccc(NC(=O)c2ccco2)c(Cl)c1. The second kappa shape index (κ2) is 4.93. The molecular formula is C12H10ClNO3. The van der Waals surface area contributed by atoms with E-state index in [0.717, 1.165) is 0 Å². The number of carbonyl (C=O) groups is 1. The monoisotopic (exact) mass is 251 g/mol. The predicted octanol–water partition coefficient (Wildman–Crippen LogP) is 3.19. The maximum Gasteiger partial charge on any atom is 0.291 e. The lowest BCUT2D eigenvalue weighted by molar-refractivity contribution is 0.0996. The van der Waals surface area contributed by atoms with Crippen LogP contribution >= 0.6 is 11.6 Å². The summed E-state index contributed by atoms with van der Waals surface area (Å²) in [5, 5.41) is 3.05. The Kier molecular flexibility index (Phi) is 3.35. The van der Waals surface area contributed by atoms with Gasteiger partial charge in [-0.15, -0.1) is 0 Å². The first-order chi connectivity index (χ1) is 8.20. The number of hydrogen-bond acceptors (Lipinski definition) is 3. The minimum Gasteiger partial charge on any atom is -0.497 e. The number of hydrogen-bond donors (Lipinski definition) is 1. The van der Waals surface area contributed by atoms with E-state index in [1.165, 1.54) is 6.26 Å². The molecule has 0 spiro atoms. The van der Waals surface area contributed by atoms with Crippen LogP contribution in [-0.4, -0.2) is 13.0 Å². The van der Waals surface area contributed by atoms with Crippen molar-refractivity contribution in [2.75, 3.05) is 12.4 Å². The summed E-state index contributed by atoms with van der Waals surface area (Å²) in [7, 11) is 1.55. The molecule has 0 aliphatic carbocycles. The number of rotatable bonds is 3. The molecule has 4 nitrogen and oxygen atoms in total. The maximum absolute atomic E-state index is 11.7. The van der Waals surface area contributed by atoms with E-state index in [-0.39, 0.29) is 11.7 Å². The molecule has 0 aliphatic heterocycles. The average Bonchev–Trinajstić information content (AvgIpc) is 2.85. The van der Waals surface area contributed by atoms with Gasteiger partial charge in [0, 0.05) is 6.07 Å². The zero-order chi connectivity index (χ0) is 12.3. The van der Waals surface area contributed by atoms with E-state index in [0.29, 0.717) is 16.5 Å². The van der Waals surface area contributed by atoms with Gasteiger partial charge < -0.3 is 14.5 Å². The second-order valence-corrected chi connectivity index (χ2v) is 3.68. The normalized spacial score (nSPS) is 10.0. The van der Waals surface area contributed by atoms with E-state index in [4.69, 9.17) is 20.8 Å². The molecule has 1 heterocycles. The van der Waals surface area contributed by atoms with Crippen molar-refractivity contribution in [3.63, 3.8) is 0 Å². The number of furan rings is 1. The molecule has 0 saturated carbocycles. The van der Waals surface area contributed by atoms with E-state index in [1.54, 1.807) is 37.4 Å². The summed E-state index contributed by atoms with van der Waals surface area (Å²) in [5.74, 6) is 0.518. The number of amides is 1. The highest BCUT2D eigenvalue weighted by Gasteiger charge is 2.11. The molecule has 0 unspecified atom stereocenters. The van der Waals surface area contributed by atoms with Crippen molar-refractivity contribution in [1.29, 1.82) is 0 Å². The molecule has 88 valence electrons. The summed E-state index contributed by atoms with van der Waals surface area (Å²) < 4.78 is 9.98. The van der Waals surface area contributed by atoms with E-state index in [1.807, 2.05) is 0 Å². The summed E-state index contributed by atoms with van der Waals surface area (Å²) in [6.07, 6.45) is 1.44. The predicted molar refractivity (Wildman–Crippen MR) is 64.7 cm³/mol. The van der Waals surface area contributed by atoms with Gasteiger partial charge in [0.2, 0.25) is 0 Å². The molecule has 1 aromatic heterocycles. The molecule has 0 radical (unpaired) electrons. The smallest absolute Gasteiger partial charge is 0.291 e. The van der Waals surface area contributed by atoms with Crippen molar-refractivity contribution in [3.05, 3.63) is 47.4 Å². The first-order valence-corrected chi connectivity index (χ1v) is 5.27. The molecule has 17 heavy (non-hydrogen) atoms.